The van der Waals surface area contributed by atoms with Crippen LogP contribution in [-0.2, 0) is 6.18 Å². The number of amides is 2. The number of urea groups is 1. The van der Waals surface area contributed by atoms with E-state index in [1.54, 1.807) is 12.4 Å². The first-order chi connectivity index (χ1) is 15.2. The van der Waals surface area contributed by atoms with Crippen LogP contribution >= 0.6 is 0 Å². The van der Waals surface area contributed by atoms with Gasteiger partial charge in [-0.05, 0) is 54.4 Å². The molecular formula is C23H22F3N3O3. The molecule has 3 rings (SSSR count). The van der Waals surface area contributed by atoms with Crippen molar-refractivity contribution in [2.24, 2.45) is 0 Å². The molecule has 0 bridgehead atoms. The van der Waals surface area contributed by atoms with Gasteiger partial charge in [0.1, 0.15) is 18.5 Å². The van der Waals surface area contributed by atoms with Gasteiger partial charge in [-0.1, -0.05) is 18.2 Å². The molecular weight excluding hydrogens is 423 g/mol. The standard InChI is InChI=1S/C23H22F3N3O3/c1-15-4-5-16(17-3-2-10-27-12-17)11-21(15)29-22(31)28-13-19(30)14-32-20-8-6-18(7-9-20)23(24,25)26/h2-12,19,30H,13-14H2,1H3,(H2,28,29,31). The van der Waals surface area contributed by atoms with Crippen LogP contribution in [-0.4, -0.2) is 35.4 Å². The molecule has 9 heteroatoms. The predicted molar refractivity (Wildman–Crippen MR) is 114 cm³/mol. The molecule has 1 heterocycles. The molecule has 168 valence electrons. The number of nitrogens with one attached hydrogen (secondary N) is 2. The van der Waals surface area contributed by atoms with Crippen LogP contribution in [0.15, 0.2) is 67.0 Å². The third kappa shape index (κ3) is 6.45. The maximum Gasteiger partial charge on any atom is 0.416 e. The smallest absolute Gasteiger partial charge is 0.416 e. The van der Waals surface area contributed by atoms with Crippen molar-refractivity contribution in [3.63, 3.8) is 0 Å². The summed E-state index contributed by atoms with van der Waals surface area (Å²) >= 11 is 0. The highest BCUT2D eigenvalue weighted by Gasteiger charge is 2.30. The van der Waals surface area contributed by atoms with E-state index < -0.39 is 23.9 Å². The van der Waals surface area contributed by atoms with Gasteiger partial charge in [0.15, 0.2) is 0 Å². The number of aliphatic hydroxyl groups is 1. The van der Waals surface area contributed by atoms with Gasteiger partial charge in [-0.15, -0.1) is 0 Å². The number of carbonyl (C=O) groups is 1. The van der Waals surface area contributed by atoms with Crippen LogP contribution in [0.25, 0.3) is 11.1 Å². The summed E-state index contributed by atoms with van der Waals surface area (Å²) in [5.41, 5.74) is 2.49. The lowest BCUT2D eigenvalue weighted by molar-refractivity contribution is -0.137. The largest absolute Gasteiger partial charge is 0.491 e. The summed E-state index contributed by atoms with van der Waals surface area (Å²) in [6.07, 6.45) is -2.07. The van der Waals surface area contributed by atoms with Crippen molar-refractivity contribution < 1.29 is 27.8 Å². The fraction of sp³-hybridized carbons (Fsp3) is 0.217. The van der Waals surface area contributed by atoms with E-state index >= 15 is 0 Å². The Hall–Kier alpha value is -3.59. The Balaban J connectivity index is 1.48. The fourth-order valence-electron chi connectivity index (χ4n) is 2.84. The second-order valence-electron chi connectivity index (χ2n) is 7.09. The van der Waals surface area contributed by atoms with Gasteiger partial charge in [0.2, 0.25) is 0 Å². The van der Waals surface area contributed by atoms with Gasteiger partial charge in [0.25, 0.3) is 0 Å². The van der Waals surface area contributed by atoms with Crippen molar-refractivity contribution in [2.45, 2.75) is 19.2 Å². The van der Waals surface area contributed by atoms with E-state index in [2.05, 4.69) is 15.6 Å². The zero-order valence-corrected chi connectivity index (χ0v) is 17.2. The van der Waals surface area contributed by atoms with Crippen LogP contribution < -0.4 is 15.4 Å². The van der Waals surface area contributed by atoms with Crippen LogP contribution in [0.1, 0.15) is 11.1 Å². The Morgan fingerprint density at radius 3 is 2.53 bits per heavy atom. The highest BCUT2D eigenvalue weighted by atomic mass is 19.4. The number of aliphatic hydroxyl groups excluding tert-OH is 1. The van der Waals surface area contributed by atoms with Crippen LogP contribution in [0.5, 0.6) is 5.75 Å². The van der Waals surface area contributed by atoms with E-state index in [0.29, 0.717) is 5.69 Å². The van der Waals surface area contributed by atoms with Gasteiger partial charge in [-0.25, -0.2) is 4.79 Å². The lowest BCUT2D eigenvalue weighted by Crippen LogP contribution is -2.37. The van der Waals surface area contributed by atoms with Gasteiger partial charge < -0.3 is 20.5 Å². The summed E-state index contributed by atoms with van der Waals surface area (Å²) in [4.78, 5) is 16.3. The van der Waals surface area contributed by atoms with Gasteiger partial charge in [-0.3, -0.25) is 4.98 Å². The number of halogens is 3. The maximum absolute atomic E-state index is 12.6. The summed E-state index contributed by atoms with van der Waals surface area (Å²) in [5.74, 6) is 0.185. The van der Waals surface area contributed by atoms with E-state index in [-0.39, 0.29) is 18.9 Å². The van der Waals surface area contributed by atoms with Crippen molar-refractivity contribution >= 4 is 11.7 Å². The average Bonchev–Trinajstić information content (AvgIpc) is 2.78. The van der Waals surface area contributed by atoms with Crippen molar-refractivity contribution in [3.8, 4) is 16.9 Å². The number of pyridine rings is 1. The molecule has 0 spiro atoms. The Morgan fingerprint density at radius 2 is 1.88 bits per heavy atom. The lowest BCUT2D eigenvalue weighted by atomic mass is 10.0. The van der Waals surface area contributed by atoms with E-state index in [1.165, 1.54) is 12.1 Å². The third-order valence-electron chi connectivity index (χ3n) is 4.60. The topological polar surface area (TPSA) is 83.5 Å². The molecule has 1 atom stereocenters. The van der Waals surface area contributed by atoms with Crippen LogP contribution in [0, 0.1) is 6.92 Å². The summed E-state index contributed by atoms with van der Waals surface area (Å²) in [6, 6.07) is 13.0. The zero-order chi connectivity index (χ0) is 23.1. The highest BCUT2D eigenvalue weighted by molar-refractivity contribution is 5.91. The molecule has 0 saturated heterocycles. The molecule has 32 heavy (non-hydrogen) atoms. The zero-order valence-electron chi connectivity index (χ0n) is 17.2. The first-order valence-corrected chi connectivity index (χ1v) is 9.76. The number of rotatable bonds is 7. The number of alkyl halides is 3. The van der Waals surface area contributed by atoms with Crippen molar-refractivity contribution in [1.82, 2.24) is 10.3 Å². The molecule has 2 aromatic carbocycles. The van der Waals surface area contributed by atoms with E-state index in [4.69, 9.17) is 4.74 Å². The summed E-state index contributed by atoms with van der Waals surface area (Å²) in [5, 5.41) is 15.3. The summed E-state index contributed by atoms with van der Waals surface area (Å²) in [7, 11) is 0. The minimum atomic E-state index is -4.43. The van der Waals surface area contributed by atoms with E-state index in [0.717, 1.165) is 28.8 Å². The number of benzene rings is 2. The second-order valence-corrected chi connectivity index (χ2v) is 7.09. The van der Waals surface area contributed by atoms with Gasteiger partial charge >= 0.3 is 12.2 Å². The average molecular weight is 445 g/mol. The third-order valence-corrected chi connectivity index (χ3v) is 4.60. The van der Waals surface area contributed by atoms with Gasteiger partial charge in [0.05, 0.1) is 5.56 Å². The van der Waals surface area contributed by atoms with Gasteiger partial charge in [0, 0.05) is 30.2 Å². The minimum absolute atomic E-state index is 0.103. The Labute approximate surface area is 183 Å². The number of nitrogens with zero attached hydrogens (tertiary/aromatic N) is 1. The molecule has 1 unspecified atom stereocenters. The van der Waals surface area contributed by atoms with E-state index in [1.807, 2.05) is 37.3 Å². The number of aromatic nitrogens is 1. The van der Waals surface area contributed by atoms with Crippen molar-refractivity contribution in [2.75, 3.05) is 18.5 Å². The SMILES string of the molecule is Cc1ccc(-c2cccnc2)cc1NC(=O)NCC(O)COc1ccc(C(F)(F)F)cc1. The number of hydrogen-bond acceptors (Lipinski definition) is 4. The molecule has 0 radical (unpaired) electrons. The number of carbonyl (C=O) groups excluding carboxylic acids is 1. The molecule has 0 saturated carbocycles. The molecule has 0 aliphatic rings. The number of anilines is 1. The highest BCUT2D eigenvalue weighted by Crippen LogP contribution is 2.30. The Morgan fingerprint density at radius 1 is 1.12 bits per heavy atom. The van der Waals surface area contributed by atoms with Crippen LogP contribution in [0.3, 0.4) is 0 Å². The molecule has 3 aromatic rings. The second kappa shape index (κ2) is 10.1. The quantitative estimate of drug-likeness (QED) is 0.495. The molecule has 0 aliphatic heterocycles. The monoisotopic (exact) mass is 445 g/mol. The van der Waals surface area contributed by atoms with Crippen molar-refractivity contribution in [3.05, 3.63) is 78.1 Å². The molecule has 6 nitrogen and oxygen atoms in total. The van der Waals surface area contributed by atoms with Crippen LogP contribution in [0.2, 0.25) is 0 Å². The number of hydrogen-bond donors (Lipinski definition) is 3. The number of aryl methyl sites for hydroxylation is 1. The normalized spacial score (nSPS) is 12.2. The molecule has 1 aromatic heterocycles. The van der Waals surface area contributed by atoms with Crippen LogP contribution in [0.4, 0.5) is 23.7 Å². The van der Waals surface area contributed by atoms with Crippen molar-refractivity contribution in [1.29, 1.82) is 0 Å². The predicted octanol–water partition coefficient (Wildman–Crippen LogP) is 4.64. The first kappa shape index (κ1) is 23.1. The first-order valence-electron chi connectivity index (χ1n) is 9.76. The Bertz CT molecular complexity index is 1040. The minimum Gasteiger partial charge on any atom is -0.491 e. The summed E-state index contributed by atoms with van der Waals surface area (Å²) < 4.78 is 43.0. The molecule has 2 amide bonds. The molecule has 3 N–H and O–H groups in total. The fourth-order valence-corrected chi connectivity index (χ4v) is 2.84. The summed E-state index contributed by atoms with van der Waals surface area (Å²) in [6.45, 7) is 1.56. The van der Waals surface area contributed by atoms with E-state index in [9.17, 15) is 23.1 Å². The number of ether oxygens (including phenoxy) is 1. The Kier molecular flexibility index (Phi) is 7.32. The maximum atomic E-state index is 12.6. The lowest BCUT2D eigenvalue weighted by Gasteiger charge is -2.15. The van der Waals surface area contributed by atoms with Gasteiger partial charge in [-0.2, -0.15) is 13.2 Å². The molecule has 0 aliphatic carbocycles. The molecule has 0 fully saturated rings.